The van der Waals surface area contributed by atoms with Crippen molar-refractivity contribution in [2.75, 3.05) is 7.11 Å². The predicted octanol–water partition coefficient (Wildman–Crippen LogP) is 4.98. The SMILES string of the molecule is CCCC(C)OC(=O)Oc1ccc(CC(N)(C[C@H](C)OC(=O)OC)C(=O)O)cc1OC(=O)OC(C)CCC. The molecule has 1 aromatic carbocycles. The number of carboxylic acids is 1. The number of hydrogen-bond donors (Lipinski definition) is 2. The van der Waals surface area contributed by atoms with Crippen molar-refractivity contribution in [1.29, 1.82) is 0 Å². The molecule has 0 spiro atoms. The van der Waals surface area contributed by atoms with E-state index in [0.29, 0.717) is 18.4 Å². The van der Waals surface area contributed by atoms with Crippen LogP contribution in [0.3, 0.4) is 0 Å². The maximum Gasteiger partial charge on any atom is 0.514 e. The quantitative estimate of drug-likeness (QED) is 0.184. The highest BCUT2D eigenvalue weighted by molar-refractivity contribution is 5.79. The molecule has 0 aliphatic heterocycles. The Balaban J connectivity index is 3.22. The first-order valence-electron chi connectivity index (χ1n) is 12.5. The van der Waals surface area contributed by atoms with Gasteiger partial charge in [0.25, 0.3) is 0 Å². The van der Waals surface area contributed by atoms with E-state index in [1.807, 2.05) is 13.8 Å². The normalized spacial score (nSPS) is 14.7. The number of carbonyl (C=O) groups excluding carboxylic acids is 3. The largest absolute Gasteiger partial charge is 0.514 e. The number of carboxylic acid groups (broad SMARTS) is 1. The first kappa shape index (κ1) is 32.5. The fraction of sp³-hybridized carbons (Fsp3) is 0.615. The van der Waals surface area contributed by atoms with Gasteiger partial charge in [-0.2, -0.15) is 0 Å². The van der Waals surface area contributed by atoms with Crippen molar-refractivity contribution < 1.29 is 52.7 Å². The van der Waals surface area contributed by atoms with Crippen LogP contribution in [-0.2, 0) is 30.2 Å². The van der Waals surface area contributed by atoms with Gasteiger partial charge in [0.05, 0.1) is 7.11 Å². The van der Waals surface area contributed by atoms with Crippen LogP contribution in [0.15, 0.2) is 18.2 Å². The summed E-state index contributed by atoms with van der Waals surface area (Å²) in [5.74, 6) is -1.67. The number of rotatable bonds is 14. The van der Waals surface area contributed by atoms with Crippen LogP contribution in [0.25, 0.3) is 0 Å². The fourth-order valence-corrected chi connectivity index (χ4v) is 3.68. The van der Waals surface area contributed by atoms with E-state index in [-0.39, 0.29) is 24.3 Å². The molecule has 3 N–H and O–H groups in total. The average molecular weight is 542 g/mol. The maximum atomic E-state index is 12.4. The first-order chi connectivity index (χ1) is 17.8. The molecule has 38 heavy (non-hydrogen) atoms. The number of methoxy groups -OCH3 is 1. The molecule has 214 valence electrons. The van der Waals surface area contributed by atoms with Crippen molar-refractivity contribution in [2.24, 2.45) is 5.73 Å². The third kappa shape index (κ3) is 11.2. The predicted molar refractivity (Wildman–Crippen MR) is 135 cm³/mol. The lowest BCUT2D eigenvalue weighted by molar-refractivity contribution is -0.144. The Kier molecular flexibility index (Phi) is 13.4. The van der Waals surface area contributed by atoms with Gasteiger partial charge in [0.1, 0.15) is 23.9 Å². The second-order valence-corrected chi connectivity index (χ2v) is 9.14. The average Bonchev–Trinajstić information content (AvgIpc) is 2.80. The van der Waals surface area contributed by atoms with Crippen LogP contribution in [-0.4, -0.2) is 60.5 Å². The zero-order valence-corrected chi connectivity index (χ0v) is 22.8. The molecule has 0 aliphatic carbocycles. The van der Waals surface area contributed by atoms with E-state index in [1.165, 1.54) is 25.1 Å². The molecule has 0 amide bonds. The molecule has 1 rings (SSSR count). The van der Waals surface area contributed by atoms with E-state index in [2.05, 4.69) is 4.74 Å². The Morgan fingerprint density at radius 1 is 0.842 bits per heavy atom. The van der Waals surface area contributed by atoms with Crippen molar-refractivity contribution in [1.82, 2.24) is 0 Å². The second kappa shape index (κ2) is 15.7. The van der Waals surface area contributed by atoms with E-state index >= 15 is 0 Å². The van der Waals surface area contributed by atoms with Crippen molar-refractivity contribution in [2.45, 2.75) is 97.0 Å². The molecule has 12 nitrogen and oxygen atoms in total. The molecule has 0 heterocycles. The minimum atomic E-state index is -1.86. The molecular formula is C26H39NO11. The molecule has 0 bridgehead atoms. The van der Waals surface area contributed by atoms with Gasteiger partial charge in [0.15, 0.2) is 11.5 Å². The van der Waals surface area contributed by atoms with Crippen LogP contribution < -0.4 is 15.2 Å². The molecule has 0 saturated carbocycles. The Labute approximate surface area is 222 Å². The maximum absolute atomic E-state index is 12.4. The summed E-state index contributed by atoms with van der Waals surface area (Å²) >= 11 is 0. The number of aliphatic carboxylic acids is 1. The molecule has 0 radical (unpaired) electrons. The summed E-state index contributed by atoms with van der Waals surface area (Å²) in [5.41, 5.74) is 4.65. The van der Waals surface area contributed by atoms with Gasteiger partial charge in [0.2, 0.25) is 0 Å². The Bertz CT molecular complexity index is 951. The third-order valence-electron chi connectivity index (χ3n) is 5.44. The zero-order chi connectivity index (χ0) is 28.9. The standard InChI is InChI=1S/C26H39NO11/c1-7-9-16(3)34-24(31)37-20-12-11-19(13-21(20)38-25(32)35-17(4)10-8-2)15-26(27,22(28)29)14-18(5)36-23(30)33-6/h11-13,16-18H,7-10,14-15,27H2,1-6H3,(H,28,29)/t16?,17?,18-,26?/m0/s1. The summed E-state index contributed by atoms with van der Waals surface area (Å²) in [6.07, 6.45) is -2.35. The van der Waals surface area contributed by atoms with Crippen molar-refractivity contribution in [3.8, 4) is 11.5 Å². The van der Waals surface area contributed by atoms with Gasteiger partial charge in [-0.15, -0.1) is 0 Å². The molecule has 0 aromatic heterocycles. The molecule has 0 fully saturated rings. The number of nitrogens with two attached hydrogens (primary N) is 1. The summed E-state index contributed by atoms with van der Waals surface area (Å²) < 4.78 is 30.4. The number of benzene rings is 1. The van der Waals surface area contributed by atoms with Gasteiger partial charge >= 0.3 is 24.4 Å². The number of hydrogen-bond acceptors (Lipinski definition) is 11. The van der Waals surface area contributed by atoms with Crippen LogP contribution in [0.5, 0.6) is 11.5 Å². The van der Waals surface area contributed by atoms with E-state index < -0.39 is 48.3 Å². The van der Waals surface area contributed by atoms with Gasteiger partial charge < -0.3 is 39.3 Å². The van der Waals surface area contributed by atoms with Crippen molar-refractivity contribution in [3.05, 3.63) is 23.8 Å². The van der Waals surface area contributed by atoms with Crippen LogP contribution in [0, 0.1) is 0 Å². The monoisotopic (exact) mass is 541 g/mol. The Hall–Kier alpha value is -3.54. The van der Waals surface area contributed by atoms with Gasteiger partial charge in [-0.25, -0.2) is 14.4 Å². The molecule has 1 aromatic rings. The van der Waals surface area contributed by atoms with E-state index in [9.17, 15) is 24.3 Å². The summed E-state index contributed by atoms with van der Waals surface area (Å²) in [6, 6.07) is 4.11. The second-order valence-electron chi connectivity index (χ2n) is 9.14. The lowest BCUT2D eigenvalue weighted by Crippen LogP contribution is -2.52. The van der Waals surface area contributed by atoms with Gasteiger partial charge in [-0.3, -0.25) is 4.79 Å². The Morgan fingerprint density at radius 3 is 1.82 bits per heavy atom. The minimum Gasteiger partial charge on any atom is -0.480 e. The van der Waals surface area contributed by atoms with Crippen molar-refractivity contribution >= 4 is 24.4 Å². The van der Waals surface area contributed by atoms with Gasteiger partial charge in [0, 0.05) is 12.8 Å². The zero-order valence-electron chi connectivity index (χ0n) is 22.8. The number of carbonyl (C=O) groups is 4. The molecule has 3 unspecified atom stereocenters. The van der Waals surface area contributed by atoms with Crippen LogP contribution in [0.2, 0.25) is 0 Å². The highest BCUT2D eigenvalue weighted by Gasteiger charge is 2.37. The lowest BCUT2D eigenvalue weighted by Gasteiger charge is -2.27. The summed E-state index contributed by atoms with van der Waals surface area (Å²) in [6.45, 7) is 8.78. The lowest BCUT2D eigenvalue weighted by atomic mass is 9.86. The summed E-state index contributed by atoms with van der Waals surface area (Å²) in [5, 5.41) is 9.81. The topological polar surface area (TPSA) is 170 Å². The van der Waals surface area contributed by atoms with Crippen molar-refractivity contribution in [3.63, 3.8) is 0 Å². The van der Waals surface area contributed by atoms with E-state index in [0.717, 1.165) is 20.0 Å². The Morgan fingerprint density at radius 2 is 1.34 bits per heavy atom. The summed E-state index contributed by atoms with van der Waals surface area (Å²) in [4.78, 5) is 48.1. The number of ether oxygens (including phenoxy) is 6. The minimum absolute atomic E-state index is 0.136. The fourth-order valence-electron chi connectivity index (χ4n) is 3.68. The van der Waals surface area contributed by atoms with Crippen LogP contribution >= 0.6 is 0 Å². The third-order valence-corrected chi connectivity index (χ3v) is 5.44. The molecule has 0 saturated heterocycles. The van der Waals surface area contributed by atoms with Gasteiger partial charge in [-0.1, -0.05) is 32.8 Å². The smallest absolute Gasteiger partial charge is 0.480 e. The first-order valence-corrected chi connectivity index (χ1v) is 12.5. The van der Waals surface area contributed by atoms with E-state index in [4.69, 9.17) is 29.4 Å². The highest BCUT2D eigenvalue weighted by Crippen LogP contribution is 2.32. The molecular weight excluding hydrogens is 502 g/mol. The van der Waals surface area contributed by atoms with Gasteiger partial charge in [-0.05, 0) is 51.3 Å². The highest BCUT2D eigenvalue weighted by atomic mass is 16.8. The van der Waals surface area contributed by atoms with Crippen LogP contribution in [0.1, 0.15) is 72.3 Å². The van der Waals surface area contributed by atoms with Crippen LogP contribution in [0.4, 0.5) is 14.4 Å². The summed E-state index contributed by atoms with van der Waals surface area (Å²) in [7, 11) is 1.13. The van der Waals surface area contributed by atoms with E-state index in [1.54, 1.807) is 13.8 Å². The molecule has 4 atom stereocenters. The molecule has 12 heteroatoms. The molecule has 0 aliphatic rings.